The number of aryl methyl sites for hydroxylation is 1. The number of hydrogen-bond donors (Lipinski definition) is 3. The molecule has 0 aromatic heterocycles. The number of amides is 2. The summed E-state index contributed by atoms with van der Waals surface area (Å²) in [5.74, 6) is -0.0689. The summed E-state index contributed by atoms with van der Waals surface area (Å²) < 4.78 is 11.2. The molecule has 3 N–H and O–H groups in total. The molecule has 1 aliphatic rings. The summed E-state index contributed by atoms with van der Waals surface area (Å²) >= 11 is 0. The van der Waals surface area contributed by atoms with E-state index < -0.39 is 30.2 Å². The Labute approximate surface area is 241 Å². The number of benzene rings is 3. The summed E-state index contributed by atoms with van der Waals surface area (Å²) in [5.41, 5.74) is 2.93. The van der Waals surface area contributed by atoms with Crippen molar-refractivity contribution in [2.45, 2.75) is 63.9 Å². The summed E-state index contributed by atoms with van der Waals surface area (Å²) in [6, 6.07) is 27.2. The molecule has 3 aromatic carbocycles. The summed E-state index contributed by atoms with van der Waals surface area (Å²) in [6.45, 7) is 4.37. The van der Waals surface area contributed by atoms with E-state index in [9.17, 15) is 14.7 Å². The number of carbonyl (C=O) groups excluding carboxylic acids is 2. The van der Waals surface area contributed by atoms with Gasteiger partial charge in [0.25, 0.3) is 0 Å². The minimum absolute atomic E-state index is 0.0981. The van der Waals surface area contributed by atoms with Crippen molar-refractivity contribution in [2.75, 3.05) is 6.61 Å². The first-order chi connectivity index (χ1) is 19.9. The summed E-state index contributed by atoms with van der Waals surface area (Å²) in [4.78, 5) is 30.8. The van der Waals surface area contributed by atoms with Gasteiger partial charge >= 0.3 is 6.09 Å². The Morgan fingerprint density at radius 3 is 2.17 bits per heavy atom. The molecule has 2 amide bonds. The van der Waals surface area contributed by atoms with Crippen molar-refractivity contribution in [1.29, 1.82) is 0 Å². The predicted molar refractivity (Wildman–Crippen MR) is 158 cm³/mol. The molecule has 1 aliphatic heterocycles. The Hall–Kier alpha value is -4.17. The average Bonchev–Trinajstić information content (AvgIpc) is 3.49. The van der Waals surface area contributed by atoms with Crippen LogP contribution in [0.25, 0.3) is 0 Å². The van der Waals surface area contributed by atoms with Crippen LogP contribution >= 0.6 is 0 Å². The molecule has 1 heterocycles. The number of aliphatic hydroxyl groups excluding tert-OH is 1. The molecule has 41 heavy (non-hydrogen) atoms. The quantitative estimate of drug-likeness (QED) is 0.275. The number of aliphatic imine (C=N–C) groups is 1. The zero-order valence-electron chi connectivity index (χ0n) is 23.6. The topological polar surface area (TPSA) is 109 Å². The van der Waals surface area contributed by atoms with Crippen LogP contribution in [-0.2, 0) is 27.3 Å². The normalized spacial score (nSPS) is 16.7. The molecule has 3 aromatic rings. The fourth-order valence-corrected chi connectivity index (χ4v) is 4.74. The fourth-order valence-electron chi connectivity index (χ4n) is 4.74. The van der Waals surface area contributed by atoms with E-state index in [-0.39, 0.29) is 24.5 Å². The lowest BCUT2D eigenvalue weighted by Gasteiger charge is -2.27. The van der Waals surface area contributed by atoms with Gasteiger partial charge in [0.15, 0.2) is 0 Å². The molecule has 8 nitrogen and oxygen atoms in total. The highest BCUT2D eigenvalue weighted by Gasteiger charge is 2.34. The van der Waals surface area contributed by atoms with E-state index in [4.69, 9.17) is 9.47 Å². The second-order valence-corrected chi connectivity index (χ2v) is 10.7. The molecular weight excluding hydrogens is 518 g/mol. The second-order valence-electron chi connectivity index (χ2n) is 10.7. The highest BCUT2D eigenvalue weighted by molar-refractivity contribution is 5.88. The van der Waals surface area contributed by atoms with Gasteiger partial charge in [-0.3, -0.25) is 4.79 Å². The average molecular weight is 558 g/mol. The second kappa shape index (κ2) is 15.0. The summed E-state index contributed by atoms with van der Waals surface area (Å²) in [6.07, 6.45) is -0.352. The van der Waals surface area contributed by atoms with Gasteiger partial charge in [0.05, 0.1) is 6.04 Å². The number of nitrogens with zero attached hydrogens (tertiary/aromatic N) is 1. The molecule has 4 rings (SSSR count). The van der Waals surface area contributed by atoms with E-state index in [1.807, 2.05) is 105 Å². The standard InChI is InChI=1S/C33H39N3O5/c1-23(2)20-28(36-33(39)41-21-25-14-8-4-9-15-25)31(38)34-27(19-18-24-12-6-3-7-13-24)30(37)32-35-29(22-40-32)26-16-10-5-11-17-26/h3-17,23,27-30,37H,18-22H2,1-2H3,(H,34,38)(H,36,39). The van der Waals surface area contributed by atoms with Crippen LogP contribution in [0.15, 0.2) is 96.0 Å². The minimum Gasteiger partial charge on any atom is -0.476 e. The van der Waals surface area contributed by atoms with Crippen molar-refractivity contribution in [3.8, 4) is 0 Å². The Morgan fingerprint density at radius 2 is 1.54 bits per heavy atom. The van der Waals surface area contributed by atoms with E-state index in [1.54, 1.807) is 0 Å². The molecule has 216 valence electrons. The van der Waals surface area contributed by atoms with Crippen molar-refractivity contribution in [3.63, 3.8) is 0 Å². The Bertz CT molecular complexity index is 1270. The molecule has 0 radical (unpaired) electrons. The van der Waals surface area contributed by atoms with Crippen molar-refractivity contribution in [3.05, 3.63) is 108 Å². The van der Waals surface area contributed by atoms with E-state index in [0.29, 0.717) is 25.9 Å². The smallest absolute Gasteiger partial charge is 0.408 e. The lowest BCUT2D eigenvalue weighted by atomic mass is 9.98. The van der Waals surface area contributed by atoms with Gasteiger partial charge in [0.1, 0.15) is 31.4 Å². The molecular formula is C33H39N3O5. The number of carbonyl (C=O) groups is 2. The van der Waals surface area contributed by atoms with Gasteiger partial charge in [0, 0.05) is 0 Å². The van der Waals surface area contributed by atoms with E-state index >= 15 is 0 Å². The van der Waals surface area contributed by atoms with Crippen molar-refractivity contribution in [2.24, 2.45) is 10.9 Å². The van der Waals surface area contributed by atoms with Crippen LogP contribution in [0.4, 0.5) is 4.79 Å². The lowest BCUT2D eigenvalue weighted by Crippen LogP contribution is -2.54. The Morgan fingerprint density at radius 1 is 0.927 bits per heavy atom. The maximum atomic E-state index is 13.5. The first kappa shape index (κ1) is 29.8. The van der Waals surface area contributed by atoms with Crippen LogP contribution < -0.4 is 10.6 Å². The van der Waals surface area contributed by atoms with Crippen LogP contribution in [0.3, 0.4) is 0 Å². The SMILES string of the molecule is CC(C)CC(NC(=O)OCc1ccccc1)C(=O)NC(CCc1ccccc1)C(O)C1=NC(c2ccccc2)CO1. The monoisotopic (exact) mass is 557 g/mol. The maximum absolute atomic E-state index is 13.5. The first-order valence-electron chi connectivity index (χ1n) is 14.1. The lowest BCUT2D eigenvalue weighted by molar-refractivity contribution is -0.124. The Balaban J connectivity index is 1.45. The molecule has 0 aliphatic carbocycles. The summed E-state index contributed by atoms with van der Waals surface area (Å²) in [7, 11) is 0. The van der Waals surface area contributed by atoms with Gasteiger partial charge in [0.2, 0.25) is 11.8 Å². The van der Waals surface area contributed by atoms with Gasteiger partial charge < -0.3 is 25.2 Å². The molecule has 4 atom stereocenters. The fraction of sp³-hybridized carbons (Fsp3) is 0.364. The largest absolute Gasteiger partial charge is 0.476 e. The number of aliphatic hydroxyl groups is 1. The van der Waals surface area contributed by atoms with Crippen molar-refractivity contribution in [1.82, 2.24) is 10.6 Å². The Kier molecular flexibility index (Phi) is 10.9. The molecule has 0 saturated carbocycles. The number of rotatable bonds is 13. The number of ether oxygens (including phenoxy) is 2. The molecule has 0 saturated heterocycles. The van der Waals surface area contributed by atoms with Crippen LogP contribution in [-0.4, -0.2) is 47.8 Å². The van der Waals surface area contributed by atoms with Gasteiger partial charge in [-0.2, -0.15) is 0 Å². The molecule has 0 bridgehead atoms. The van der Waals surface area contributed by atoms with Crippen molar-refractivity contribution < 1.29 is 24.2 Å². The number of hydrogen-bond acceptors (Lipinski definition) is 6. The number of alkyl carbamates (subject to hydrolysis) is 1. The van der Waals surface area contributed by atoms with Gasteiger partial charge in [-0.05, 0) is 41.9 Å². The molecule has 8 heteroatoms. The minimum atomic E-state index is -1.15. The van der Waals surface area contributed by atoms with Crippen LogP contribution in [0.5, 0.6) is 0 Å². The van der Waals surface area contributed by atoms with E-state index in [1.165, 1.54) is 0 Å². The molecule has 0 fully saturated rings. The van der Waals surface area contributed by atoms with Crippen LogP contribution in [0.2, 0.25) is 0 Å². The van der Waals surface area contributed by atoms with Crippen molar-refractivity contribution >= 4 is 17.9 Å². The first-order valence-corrected chi connectivity index (χ1v) is 14.1. The zero-order valence-corrected chi connectivity index (χ0v) is 23.6. The van der Waals surface area contributed by atoms with Gasteiger partial charge in [-0.1, -0.05) is 105 Å². The third kappa shape index (κ3) is 9.18. The predicted octanol–water partition coefficient (Wildman–Crippen LogP) is 4.98. The van der Waals surface area contributed by atoms with Gasteiger partial charge in [-0.25, -0.2) is 9.79 Å². The zero-order chi connectivity index (χ0) is 29.0. The third-order valence-electron chi connectivity index (χ3n) is 6.93. The highest BCUT2D eigenvalue weighted by atomic mass is 16.5. The third-order valence-corrected chi connectivity index (χ3v) is 6.93. The summed E-state index contributed by atoms with van der Waals surface area (Å²) in [5, 5.41) is 17.1. The van der Waals surface area contributed by atoms with Crippen LogP contribution in [0, 0.1) is 5.92 Å². The maximum Gasteiger partial charge on any atom is 0.408 e. The molecule has 0 spiro atoms. The molecule has 4 unspecified atom stereocenters. The number of nitrogens with one attached hydrogen (secondary N) is 2. The van der Waals surface area contributed by atoms with Gasteiger partial charge in [-0.15, -0.1) is 0 Å². The van der Waals surface area contributed by atoms with E-state index in [2.05, 4.69) is 15.6 Å². The highest BCUT2D eigenvalue weighted by Crippen LogP contribution is 2.25. The van der Waals surface area contributed by atoms with E-state index in [0.717, 1.165) is 16.7 Å². The van der Waals surface area contributed by atoms with Crippen LogP contribution in [0.1, 0.15) is 49.4 Å².